The summed E-state index contributed by atoms with van der Waals surface area (Å²) in [4.78, 5) is 14.2. The fraction of sp³-hybridized carbons (Fsp3) is 0.500. The van der Waals surface area contributed by atoms with Gasteiger partial charge in [-0.05, 0) is 19.8 Å². The van der Waals surface area contributed by atoms with Crippen LogP contribution in [0.3, 0.4) is 0 Å². The van der Waals surface area contributed by atoms with Crippen LogP contribution >= 0.6 is 0 Å². The monoisotopic (exact) mass is 328 g/mol. The van der Waals surface area contributed by atoms with Crippen molar-refractivity contribution in [2.24, 2.45) is 7.05 Å². The van der Waals surface area contributed by atoms with Gasteiger partial charge in [0.05, 0.1) is 6.04 Å². The standard InChI is InChI=1S/C14H15F3N4O2/c1-8-6-9(19-23-8)10-4-3-5-21(10)13(22)11-7-12(14(15,16)17)18-20(11)2/h6-7,10H,3-5H2,1-2H3. The van der Waals surface area contributed by atoms with E-state index in [-0.39, 0.29) is 11.7 Å². The summed E-state index contributed by atoms with van der Waals surface area (Å²) in [6, 6.07) is 2.23. The summed E-state index contributed by atoms with van der Waals surface area (Å²) in [6.45, 7) is 2.20. The number of carbonyl (C=O) groups is 1. The normalized spacial score (nSPS) is 18.7. The van der Waals surface area contributed by atoms with Crippen molar-refractivity contribution in [2.45, 2.75) is 32.0 Å². The number of likely N-dealkylation sites (tertiary alicyclic amines) is 1. The minimum Gasteiger partial charge on any atom is -0.361 e. The van der Waals surface area contributed by atoms with E-state index in [2.05, 4.69) is 10.3 Å². The summed E-state index contributed by atoms with van der Waals surface area (Å²) in [5.41, 5.74) is -0.549. The first-order valence-corrected chi connectivity index (χ1v) is 7.13. The fourth-order valence-corrected chi connectivity index (χ4v) is 2.81. The summed E-state index contributed by atoms with van der Waals surface area (Å²) in [5, 5.41) is 7.31. The van der Waals surface area contributed by atoms with Crippen molar-refractivity contribution in [1.29, 1.82) is 0 Å². The van der Waals surface area contributed by atoms with Gasteiger partial charge in [-0.1, -0.05) is 5.16 Å². The molecule has 3 heterocycles. The Bertz CT molecular complexity index is 735. The second-order valence-electron chi connectivity index (χ2n) is 5.56. The topological polar surface area (TPSA) is 64.2 Å². The van der Waals surface area contributed by atoms with Crippen LogP contribution in [0.4, 0.5) is 13.2 Å². The number of alkyl halides is 3. The lowest BCUT2D eigenvalue weighted by Crippen LogP contribution is -2.32. The van der Waals surface area contributed by atoms with Crippen molar-refractivity contribution >= 4 is 5.91 Å². The Morgan fingerprint density at radius 3 is 2.70 bits per heavy atom. The van der Waals surface area contributed by atoms with Crippen molar-refractivity contribution in [3.8, 4) is 0 Å². The highest BCUT2D eigenvalue weighted by Gasteiger charge is 2.38. The second kappa shape index (κ2) is 5.39. The minimum absolute atomic E-state index is 0.0931. The first-order chi connectivity index (χ1) is 10.8. The van der Waals surface area contributed by atoms with Crippen molar-refractivity contribution in [3.63, 3.8) is 0 Å². The zero-order valence-corrected chi connectivity index (χ0v) is 12.6. The SMILES string of the molecule is Cc1cc(C2CCCN2C(=O)c2cc(C(F)(F)F)nn2C)no1. The van der Waals surface area contributed by atoms with Gasteiger partial charge in [0.1, 0.15) is 17.1 Å². The molecular weight excluding hydrogens is 313 g/mol. The molecule has 9 heteroatoms. The Morgan fingerprint density at radius 1 is 1.39 bits per heavy atom. The average molecular weight is 328 g/mol. The van der Waals surface area contributed by atoms with Gasteiger partial charge < -0.3 is 9.42 Å². The molecular formula is C14H15F3N4O2. The average Bonchev–Trinajstić information content (AvgIpc) is 3.15. The van der Waals surface area contributed by atoms with Gasteiger partial charge in [-0.15, -0.1) is 0 Å². The summed E-state index contributed by atoms with van der Waals surface area (Å²) in [6.07, 6.45) is -3.13. The zero-order valence-electron chi connectivity index (χ0n) is 12.6. The van der Waals surface area contributed by atoms with Gasteiger partial charge in [0, 0.05) is 25.7 Å². The molecule has 1 atom stereocenters. The van der Waals surface area contributed by atoms with E-state index in [1.54, 1.807) is 13.0 Å². The summed E-state index contributed by atoms with van der Waals surface area (Å²) in [7, 11) is 1.33. The van der Waals surface area contributed by atoms with Crippen LogP contribution in [0.5, 0.6) is 0 Å². The quantitative estimate of drug-likeness (QED) is 0.850. The van der Waals surface area contributed by atoms with E-state index in [0.29, 0.717) is 24.4 Å². The molecule has 0 spiro atoms. The van der Waals surface area contributed by atoms with Gasteiger partial charge in [-0.3, -0.25) is 9.48 Å². The molecule has 0 bridgehead atoms. The third-order valence-electron chi connectivity index (χ3n) is 3.89. The van der Waals surface area contributed by atoms with E-state index in [1.165, 1.54) is 11.9 Å². The van der Waals surface area contributed by atoms with Gasteiger partial charge in [-0.2, -0.15) is 18.3 Å². The molecule has 0 radical (unpaired) electrons. The Balaban J connectivity index is 1.89. The zero-order chi connectivity index (χ0) is 16.8. The summed E-state index contributed by atoms with van der Waals surface area (Å²) < 4.78 is 44.2. The van der Waals surface area contributed by atoms with Crippen LogP contribution in [0.2, 0.25) is 0 Å². The lowest BCUT2D eigenvalue weighted by molar-refractivity contribution is -0.141. The molecule has 0 aliphatic carbocycles. The van der Waals surface area contributed by atoms with Gasteiger partial charge in [0.25, 0.3) is 5.91 Å². The number of halogens is 3. The predicted molar refractivity (Wildman–Crippen MR) is 72.5 cm³/mol. The van der Waals surface area contributed by atoms with Crippen LogP contribution in [0, 0.1) is 6.92 Å². The number of amides is 1. The van der Waals surface area contributed by atoms with Gasteiger partial charge in [0.2, 0.25) is 0 Å². The van der Waals surface area contributed by atoms with Crippen LogP contribution in [-0.2, 0) is 13.2 Å². The second-order valence-corrected chi connectivity index (χ2v) is 5.56. The number of hydrogen-bond donors (Lipinski definition) is 0. The molecule has 2 aromatic rings. The molecule has 1 fully saturated rings. The number of rotatable bonds is 2. The maximum atomic E-state index is 12.7. The molecule has 124 valence electrons. The van der Waals surface area contributed by atoms with E-state index < -0.39 is 17.8 Å². The van der Waals surface area contributed by atoms with E-state index >= 15 is 0 Å². The molecule has 1 unspecified atom stereocenters. The first-order valence-electron chi connectivity index (χ1n) is 7.13. The molecule has 3 rings (SSSR count). The number of carbonyl (C=O) groups excluding carboxylic acids is 1. The van der Waals surface area contributed by atoms with E-state index in [4.69, 9.17) is 4.52 Å². The van der Waals surface area contributed by atoms with Crippen LogP contribution in [0.25, 0.3) is 0 Å². The summed E-state index contributed by atoms with van der Waals surface area (Å²) in [5.74, 6) is 0.137. The fourth-order valence-electron chi connectivity index (χ4n) is 2.81. The molecule has 2 aromatic heterocycles. The van der Waals surface area contributed by atoms with Gasteiger partial charge in [-0.25, -0.2) is 0 Å². The van der Waals surface area contributed by atoms with Crippen molar-refractivity contribution < 1.29 is 22.5 Å². The molecule has 6 nitrogen and oxygen atoms in total. The molecule has 1 aliphatic heterocycles. The maximum Gasteiger partial charge on any atom is 0.435 e. The Hall–Kier alpha value is -2.32. The highest BCUT2D eigenvalue weighted by Crippen LogP contribution is 2.34. The lowest BCUT2D eigenvalue weighted by atomic mass is 10.1. The summed E-state index contributed by atoms with van der Waals surface area (Å²) >= 11 is 0. The minimum atomic E-state index is -4.58. The third-order valence-corrected chi connectivity index (χ3v) is 3.89. The molecule has 0 aromatic carbocycles. The highest BCUT2D eigenvalue weighted by atomic mass is 19.4. The third kappa shape index (κ3) is 2.82. The smallest absolute Gasteiger partial charge is 0.361 e. The van der Waals surface area contributed by atoms with Crippen molar-refractivity contribution in [3.05, 3.63) is 35.0 Å². The van der Waals surface area contributed by atoms with Crippen LogP contribution < -0.4 is 0 Å². The van der Waals surface area contributed by atoms with E-state index in [1.807, 2.05) is 0 Å². The Kier molecular flexibility index (Phi) is 3.65. The predicted octanol–water partition coefficient (Wildman–Crippen LogP) is 2.71. The first kappa shape index (κ1) is 15.6. The Morgan fingerprint density at radius 2 is 2.13 bits per heavy atom. The molecule has 1 aliphatic rings. The lowest BCUT2D eigenvalue weighted by Gasteiger charge is -2.22. The van der Waals surface area contributed by atoms with Gasteiger partial charge in [0.15, 0.2) is 5.69 Å². The number of aryl methyl sites for hydroxylation is 2. The molecule has 0 saturated carbocycles. The maximum absolute atomic E-state index is 12.7. The number of hydrogen-bond acceptors (Lipinski definition) is 4. The number of nitrogens with zero attached hydrogens (tertiary/aromatic N) is 4. The molecule has 1 saturated heterocycles. The molecule has 23 heavy (non-hydrogen) atoms. The van der Waals surface area contributed by atoms with Crippen LogP contribution in [0.1, 0.15) is 46.5 Å². The molecule has 0 N–H and O–H groups in total. The van der Waals surface area contributed by atoms with Crippen molar-refractivity contribution in [1.82, 2.24) is 19.8 Å². The molecule has 1 amide bonds. The van der Waals surface area contributed by atoms with Gasteiger partial charge >= 0.3 is 6.18 Å². The largest absolute Gasteiger partial charge is 0.435 e. The van der Waals surface area contributed by atoms with Crippen LogP contribution in [0.15, 0.2) is 16.7 Å². The van der Waals surface area contributed by atoms with Crippen molar-refractivity contribution in [2.75, 3.05) is 6.54 Å². The Labute approximate surface area is 129 Å². The number of aromatic nitrogens is 3. The van der Waals surface area contributed by atoms with E-state index in [9.17, 15) is 18.0 Å². The van der Waals surface area contributed by atoms with E-state index in [0.717, 1.165) is 17.2 Å². The highest BCUT2D eigenvalue weighted by molar-refractivity contribution is 5.93. The van der Waals surface area contributed by atoms with Crippen LogP contribution in [-0.4, -0.2) is 32.3 Å².